The topological polar surface area (TPSA) is 104 Å². The van der Waals surface area contributed by atoms with E-state index in [-0.39, 0.29) is 25.2 Å². The minimum absolute atomic E-state index is 0.0604. The molecule has 1 amide bonds. The number of aliphatic carboxylic acids is 1. The van der Waals surface area contributed by atoms with Crippen molar-refractivity contribution in [3.8, 4) is 0 Å². The van der Waals surface area contributed by atoms with Gasteiger partial charge in [-0.25, -0.2) is 4.79 Å². The summed E-state index contributed by atoms with van der Waals surface area (Å²) in [5, 5.41) is 9.24. The Labute approximate surface area is 153 Å². The van der Waals surface area contributed by atoms with Crippen LogP contribution in [0.4, 0.5) is 0 Å². The van der Waals surface area contributed by atoms with Crippen molar-refractivity contribution in [3.05, 3.63) is 35.9 Å². The zero-order valence-electron chi connectivity index (χ0n) is 14.9. The van der Waals surface area contributed by atoms with Gasteiger partial charge in [0.05, 0.1) is 6.10 Å². The van der Waals surface area contributed by atoms with Gasteiger partial charge in [0.1, 0.15) is 12.2 Å². The molecule has 2 rings (SSSR count). The Kier molecular flexibility index (Phi) is 7.38. The first-order chi connectivity index (χ1) is 12.3. The summed E-state index contributed by atoms with van der Waals surface area (Å²) in [5.41, 5.74) is 1.17. The summed E-state index contributed by atoms with van der Waals surface area (Å²) < 4.78 is 17.5. The van der Waals surface area contributed by atoms with Crippen LogP contribution in [0, 0.1) is 0 Å². The second kappa shape index (κ2) is 9.31. The van der Waals surface area contributed by atoms with Crippen molar-refractivity contribution < 1.29 is 28.9 Å². The van der Waals surface area contributed by atoms with Crippen LogP contribution in [0.15, 0.2) is 30.3 Å². The van der Waals surface area contributed by atoms with Crippen molar-refractivity contribution in [1.82, 2.24) is 4.90 Å². The van der Waals surface area contributed by atoms with Crippen LogP contribution >= 0.6 is 7.37 Å². The lowest BCUT2D eigenvalue weighted by Gasteiger charge is -2.22. The summed E-state index contributed by atoms with van der Waals surface area (Å²) in [5.74, 6) is -1.71. The number of ether oxygens (including phenoxy) is 1. The number of methoxy groups -OCH3 is 1. The average molecular weight is 383 g/mol. The van der Waals surface area contributed by atoms with Crippen molar-refractivity contribution in [2.45, 2.75) is 37.8 Å². The monoisotopic (exact) mass is 383 g/mol. The Morgan fingerprint density at radius 1 is 1.27 bits per heavy atom. The predicted octanol–water partition coefficient (Wildman–Crippen LogP) is 1.98. The largest absolute Gasteiger partial charge is 0.480 e. The molecule has 144 valence electrons. The fourth-order valence-corrected chi connectivity index (χ4v) is 4.67. The van der Waals surface area contributed by atoms with E-state index in [9.17, 15) is 24.2 Å². The first-order valence-electron chi connectivity index (χ1n) is 8.72. The number of likely N-dealkylation sites (tertiary alicyclic amines) is 1. The highest BCUT2D eigenvalue weighted by molar-refractivity contribution is 7.58. The predicted molar refractivity (Wildman–Crippen MR) is 97.5 cm³/mol. The summed E-state index contributed by atoms with van der Waals surface area (Å²) in [6.07, 6.45) is 1.50. The minimum atomic E-state index is -3.63. The number of aryl methyl sites for hydroxylation is 1. The molecule has 1 unspecified atom stereocenters. The third-order valence-electron chi connectivity index (χ3n) is 4.65. The lowest BCUT2D eigenvalue weighted by Crippen LogP contribution is -2.42. The van der Waals surface area contributed by atoms with Crippen molar-refractivity contribution in [2.75, 3.05) is 26.0 Å². The molecule has 1 aromatic carbocycles. The number of hydrogen-bond acceptors (Lipinski definition) is 4. The van der Waals surface area contributed by atoms with Crippen LogP contribution in [-0.4, -0.2) is 64.9 Å². The van der Waals surface area contributed by atoms with Gasteiger partial charge in [-0.05, 0) is 24.8 Å². The Balaban J connectivity index is 1.82. The molecule has 0 aromatic heterocycles. The lowest BCUT2D eigenvalue weighted by atomic mass is 10.1. The maximum Gasteiger partial charge on any atom is 0.326 e. The van der Waals surface area contributed by atoms with Crippen LogP contribution in [-0.2, 0) is 25.3 Å². The Bertz CT molecular complexity index is 665. The maximum absolute atomic E-state index is 12.4. The normalized spacial score (nSPS) is 22.2. The van der Waals surface area contributed by atoms with E-state index in [1.165, 1.54) is 12.7 Å². The standard InChI is InChI=1S/C18H26NO6P/c1-25-15-11-16(18(21)22)19(12-15)17(20)13-26(23,24)10-6-5-9-14-7-3-2-4-8-14/h2-4,7-8,15-16H,5-6,9-13H2,1H3,(H,21,22)(H,23,24)/t15-,16+/m1/s1. The number of carbonyl (C=O) groups excluding carboxylic acids is 1. The van der Waals surface area contributed by atoms with E-state index in [4.69, 9.17) is 4.74 Å². The molecule has 2 N–H and O–H groups in total. The van der Waals surface area contributed by atoms with Crippen molar-refractivity contribution in [2.24, 2.45) is 0 Å². The number of carboxylic acid groups (broad SMARTS) is 1. The van der Waals surface area contributed by atoms with Gasteiger partial charge in [0.2, 0.25) is 13.3 Å². The highest BCUT2D eigenvalue weighted by Crippen LogP contribution is 2.42. The van der Waals surface area contributed by atoms with Gasteiger partial charge in [0.25, 0.3) is 0 Å². The first kappa shape index (κ1) is 20.6. The van der Waals surface area contributed by atoms with E-state index in [1.807, 2.05) is 30.3 Å². The quantitative estimate of drug-likeness (QED) is 0.499. The molecule has 0 radical (unpaired) electrons. The van der Waals surface area contributed by atoms with Crippen LogP contribution < -0.4 is 0 Å². The molecule has 1 heterocycles. The van der Waals surface area contributed by atoms with E-state index in [0.717, 1.165) is 17.7 Å². The fraction of sp³-hybridized carbons (Fsp3) is 0.556. The van der Waals surface area contributed by atoms with Gasteiger partial charge < -0.3 is 19.6 Å². The second-order valence-corrected chi connectivity index (χ2v) is 9.12. The highest BCUT2D eigenvalue weighted by atomic mass is 31.2. The maximum atomic E-state index is 12.4. The number of nitrogens with zero attached hydrogens (tertiary/aromatic N) is 1. The molecule has 0 aliphatic carbocycles. The van der Waals surface area contributed by atoms with Crippen LogP contribution in [0.25, 0.3) is 0 Å². The van der Waals surface area contributed by atoms with E-state index in [0.29, 0.717) is 6.42 Å². The molecule has 26 heavy (non-hydrogen) atoms. The van der Waals surface area contributed by atoms with Gasteiger partial charge in [-0.15, -0.1) is 0 Å². The zero-order chi connectivity index (χ0) is 19.2. The van der Waals surface area contributed by atoms with Gasteiger partial charge in [-0.3, -0.25) is 9.36 Å². The van der Waals surface area contributed by atoms with Crippen LogP contribution in [0.3, 0.4) is 0 Å². The smallest absolute Gasteiger partial charge is 0.326 e. The summed E-state index contributed by atoms with van der Waals surface area (Å²) >= 11 is 0. The fourth-order valence-electron chi connectivity index (χ4n) is 3.19. The van der Waals surface area contributed by atoms with E-state index >= 15 is 0 Å². The molecule has 1 aliphatic rings. The molecule has 0 spiro atoms. The lowest BCUT2D eigenvalue weighted by molar-refractivity contribution is -0.147. The number of benzene rings is 1. The summed E-state index contributed by atoms with van der Waals surface area (Å²) in [4.78, 5) is 35.0. The van der Waals surface area contributed by atoms with Gasteiger partial charge in [-0.1, -0.05) is 30.3 Å². The zero-order valence-corrected chi connectivity index (χ0v) is 15.8. The minimum Gasteiger partial charge on any atom is -0.480 e. The summed E-state index contributed by atoms with van der Waals surface area (Å²) in [7, 11) is -2.17. The third kappa shape index (κ3) is 5.94. The molecule has 0 saturated carbocycles. The van der Waals surface area contributed by atoms with E-state index in [2.05, 4.69) is 0 Å². The number of carboxylic acids is 1. The SMILES string of the molecule is CO[C@@H]1C[C@@H](C(=O)O)N(C(=O)CP(=O)(O)CCCCc2ccccc2)C1. The molecule has 1 saturated heterocycles. The molecular weight excluding hydrogens is 357 g/mol. The number of carbonyl (C=O) groups is 2. The third-order valence-corrected chi connectivity index (χ3v) is 6.43. The summed E-state index contributed by atoms with van der Waals surface area (Å²) in [6, 6.07) is 8.86. The van der Waals surface area contributed by atoms with Gasteiger partial charge in [-0.2, -0.15) is 0 Å². The van der Waals surface area contributed by atoms with Crippen LogP contribution in [0.1, 0.15) is 24.8 Å². The number of amides is 1. The van der Waals surface area contributed by atoms with Gasteiger partial charge in [0, 0.05) is 26.2 Å². The van der Waals surface area contributed by atoms with Crippen molar-refractivity contribution in [1.29, 1.82) is 0 Å². The summed E-state index contributed by atoms with van der Waals surface area (Å²) in [6.45, 7) is 0.139. The highest BCUT2D eigenvalue weighted by Gasteiger charge is 2.41. The van der Waals surface area contributed by atoms with E-state index in [1.54, 1.807) is 0 Å². The number of unbranched alkanes of at least 4 members (excludes halogenated alkanes) is 1. The number of hydrogen-bond donors (Lipinski definition) is 2. The van der Waals surface area contributed by atoms with Crippen molar-refractivity contribution in [3.63, 3.8) is 0 Å². The molecule has 0 bridgehead atoms. The van der Waals surface area contributed by atoms with Crippen molar-refractivity contribution >= 4 is 19.2 Å². The molecule has 3 atom stereocenters. The number of rotatable bonds is 9. The van der Waals surface area contributed by atoms with Crippen LogP contribution in [0.2, 0.25) is 0 Å². The molecule has 7 nitrogen and oxygen atoms in total. The molecule has 1 aliphatic heterocycles. The Morgan fingerprint density at radius 2 is 1.96 bits per heavy atom. The first-order valence-corrected chi connectivity index (χ1v) is 10.8. The molecule has 1 fully saturated rings. The van der Waals surface area contributed by atoms with Gasteiger partial charge in [0.15, 0.2) is 0 Å². The average Bonchev–Trinajstić information content (AvgIpc) is 3.04. The Hall–Kier alpha value is -1.69. The van der Waals surface area contributed by atoms with Gasteiger partial charge >= 0.3 is 5.97 Å². The van der Waals surface area contributed by atoms with E-state index < -0.39 is 31.4 Å². The van der Waals surface area contributed by atoms with Crippen LogP contribution in [0.5, 0.6) is 0 Å². The Morgan fingerprint density at radius 3 is 2.58 bits per heavy atom. The molecule has 8 heteroatoms. The molecular formula is C18H26NO6P. The second-order valence-electron chi connectivity index (χ2n) is 6.66. The molecule has 1 aromatic rings.